The van der Waals surface area contributed by atoms with Gasteiger partial charge in [0.15, 0.2) is 5.84 Å². The number of aliphatic imine (C=N–C) groups is 1. The molecule has 6 heteroatoms. The molecule has 2 fully saturated rings. The Balaban J connectivity index is 1.32. The van der Waals surface area contributed by atoms with E-state index in [1.807, 2.05) is 34.1 Å². The number of rotatable bonds is 5. The Labute approximate surface area is 189 Å². The highest BCUT2D eigenvalue weighted by molar-refractivity contribution is 6.11. The Morgan fingerprint density at radius 3 is 2.31 bits per heavy atom. The standard InChI is InChI=1S/C26H29N5O/c32-26-30(16-19-11-5-2-6-12-19)25-22(28-23(29-25)20-13-7-8-14-20)24-27-21(17-31(24)26)15-18-9-3-1-4-10-18/h1-6,9-12,20-21,23,27-28H,7-8,13-17H2/t21-,23?/m1/s1. The fourth-order valence-corrected chi connectivity index (χ4v) is 5.48. The summed E-state index contributed by atoms with van der Waals surface area (Å²) in [5.41, 5.74) is 3.39. The summed E-state index contributed by atoms with van der Waals surface area (Å²) in [6, 6.07) is 20.9. The first-order valence-electron chi connectivity index (χ1n) is 11.8. The predicted molar refractivity (Wildman–Crippen MR) is 124 cm³/mol. The van der Waals surface area contributed by atoms with Crippen molar-refractivity contribution >= 4 is 11.9 Å². The van der Waals surface area contributed by atoms with Gasteiger partial charge < -0.3 is 10.6 Å². The fourth-order valence-electron chi connectivity index (χ4n) is 5.48. The lowest BCUT2D eigenvalue weighted by Crippen LogP contribution is -2.51. The number of amidine groups is 1. The minimum Gasteiger partial charge on any atom is -0.365 e. The highest BCUT2D eigenvalue weighted by atomic mass is 16.2. The third kappa shape index (κ3) is 3.44. The van der Waals surface area contributed by atoms with Crippen molar-refractivity contribution in [2.24, 2.45) is 10.9 Å². The third-order valence-corrected chi connectivity index (χ3v) is 7.10. The monoisotopic (exact) mass is 427 g/mol. The summed E-state index contributed by atoms with van der Waals surface area (Å²) in [7, 11) is 0. The lowest BCUT2D eigenvalue weighted by atomic mass is 10.1. The van der Waals surface area contributed by atoms with Crippen molar-refractivity contribution in [1.29, 1.82) is 0 Å². The zero-order chi connectivity index (χ0) is 21.5. The topological polar surface area (TPSA) is 60.0 Å². The average molecular weight is 428 g/mol. The van der Waals surface area contributed by atoms with Crippen LogP contribution in [-0.2, 0) is 13.0 Å². The van der Waals surface area contributed by atoms with Gasteiger partial charge in [-0.05, 0) is 36.3 Å². The Morgan fingerprint density at radius 2 is 1.59 bits per heavy atom. The van der Waals surface area contributed by atoms with Crippen molar-refractivity contribution in [1.82, 2.24) is 20.4 Å². The number of carbonyl (C=O) groups is 1. The Kier molecular flexibility index (Phi) is 4.86. The highest BCUT2D eigenvalue weighted by Gasteiger charge is 2.46. The van der Waals surface area contributed by atoms with Crippen molar-refractivity contribution in [3.8, 4) is 0 Å². The van der Waals surface area contributed by atoms with Gasteiger partial charge in [0.2, 0.25) is 0 Å². The van der Waals surface area contributed by atoms with E-state index in [0.717, 1.165) is 29.3 Å². The number of nitrogens with one attached hydrogen (secondary N) is 2. The second-order valence-corrected chi connectivity index (χ2v) is 9.31. The van der Waals surface area contributed by atoms with Gasteiger partial charge >= 0.3 is 6.03 Å². The number of fused-ring (bicyclic) bond motifs is 2. The van der Waals surface area contributed by atoms with E-state index in [0.29, 0.717) is 19.0 Å². The molecule has 3 aliphatic heterocycles. The maximum Gasteiger partial charge on any atom is 0.331 e. The van der Waals surface area contributed by atoms with E-state index in [-0.39, 0.29) is 18.2 Å². The molecule has 4 aliphatic rings. The molecule has 0 bridgehead atoms. The van der Waals surface area contributed by atoms with Gasteiger partial charge in [0.05, 0.1) is 6.54 Å². The number of hydrogen-bond donors (Lipinski definition) is 2. The molecule has 2 atom stereocenters. The van der Waals surface area contributed by atoms with Crippen LogP contribution >= 0.6 is 0 Å². The molecule has 2 aromatic carbocycles. The normalized spacial score (nSPS) is 24.9. The van der Waals surface area contributed by atoms with Crippen LogP contribution in [0, 0.1) is 5.92 Å². The quantitative estimate of drug-likeness (QED) is 0.763. The third-order valence-electron chi connectivity index (χ3n) is 7.10. The lowest BCUT2D eigenvalue weighted by molar-refractivity contribution is 0.188. The summed E-state index contributed by atoms with van der Waals surface area (Å²) in [6.45, 7) is 1.20. The maximum absolute atomic E-state index is 13.6. The maximum atomic E-state index is 13.6. The second kappa shape index (κ2) is 8.01. The Hall–Kier alpha value is -3.28. The molecule has 3 heterocycles. The van der Waals surface area contributed by atoms with E-state index < -0.39 is 0 Å². The van der Waals surface area contributed by atoms with E-state index in [4.69, 9.17) is 4.99 Å². The van der Waals surface area contributed by atoms with Crippen LogP contribution in [0.4, 0.5) is 4.79 Å². The number of hydrogen-bond acceptors (Lipinski definition) is 4. The van der Waals surface area contributed by atoms with Crippen LogP contribution in [-0.4, -0.2) is 40.4 Å². The van der Waals surface area contributed by atoms with Crippen LogP contribution in [0.2, 0.25) is 0 Å². The van der Waals surface area contributed by atoms with E-state index in [1.54, 1.807) is 0 Å². The molecule has 6 nitrogen and oxygen atoms in total. The van der Waals surface area contributed by atoms with Crippen LogP contribution < -0.4 is 10.6 Å². The van der Waals surface area contributed by atoms with Crippen LogP contribution in [0.15, 0.2) is 77.2 Å². The van der Waals surface area contributed by atoms with E-state index >= 15 is 0 Å². The van der Waals surface area contributed by atoms with E-state index in [1.165, 1.54) is 31.2 Å². The molecule has 6 rings (SSSR count). The van der Waals surface area contributed by atoms with E-state index in [9.17, 15) is 4.79 Å². The van der Waals surface area contributed by atoms with Crippen molar-refractivity contribution < 1.29 is 4.79 Å². The molecular weight excluding hydrogens is 398 g/mol. The van der Waals surface area contributed by atoms with Crippen LogP contribution in [0.25, 0.3) is 0 Å². The number of amides is 2. The Morgan fingerprint density at radius 1 is 0.906 bits per heavy atom. The van der Waals surface area contributed by atoms with Crippen molar-refractivity contribution in [3.63, 3.8) is 0 Å². The summed E-state index contributed by atoms with van der Waals surface area (Å²) in [5.74, 6) is 2.25. The number of benzene rings is 2. The summed E-state index contributed by atoms with van der Waals surface area (Å²) >= 11 is 0. The van der Waals surface area contributed by atoms with Crippen LogP contribution in [0.3, 0.4) is 0 Å². The average Bonchev–Trinajstić information content (AvgIpc) is 3.57. The zero-order valence-electron chi connectivity index (χ0n) is 18.2. The van der Waals surface area contributed by atoms with Gasteiger partial charge in [-0.25, -0.2) is 9.79 Å². The molecule has 1 saturated heterocycles. The van der Waals surface area contributed by atoms with Gasteiger partial charge in [-0.2, -0.15) is 0 Å². The predicted octanol–water partition coefficient (Wildman–Crippen LogP) is 3.83. The minimum absolute atomic E-state index is 0.0169. The van der Waals surface area contributed by atoms with Crippen molar-refractivity contribution in [2.45, 2.75) is 50.9 Å². The summed E-state index contributed by atoms with van der Waals surface area (Å²) in [4.78, 5) is 22.5. The first-order chi connectivity index (χ1) is 15.8. The highest BCUT2D eigenvalue weighted by Crippen LogP contribution is 2.35. The second-order valence-electron chi connectivity index (χ2n) is 9.31. The molecule has 0 radical (unpaired) electrons. The largest absolute Gasteiger partial charge is 0.365 e. The first kappa shape index (κ1) is 19.4. The number of nitrogens with zero attached hydrogens (tertiary/aromatic N) is 3. The molecule has 164 valence electrons. The van der Waals surface area contributed by atoms with Crippen LogP contribution in [0.5, 0.6) is 0 Å². The summed E-state index contributed by atoms with van der Waals surface area (Å²) in [6.07, 6.45) is 5.91. The fraction of sp³-hybridized carbons (Fsp3) is 0.385. The zero-order valence-corrected chi connectivity index (χ0v) is 18.2. The molecule has 2 aromatic rings. The molecular formula is C26H29N5O. The minimum atomic E-state index is 0.0169. The summed E-state index contributed by atoms with van der Waals surface area (Å²) in [5, 5.41) is 7.36. The Bertz CT molecular complexity index is 1060. The first-order valence-corrected chi connectivity index (χ1v) is 11.8. The molecule has 0 spiro atoms. The van der Waals surface area contributed by atoms with E-state index in [2.05, 4.69) is 47.0 Å². The van der Waals surface area contributed by atoms with Gasteiger partial charge in [-0.3, -0.25) is 9.80 Å². The van der Waals surface area contributed by atoms with Crippen molar-refractivity contribution in [3.05, 3.63) is 83.3 Å². The lowest BCUT2D eigenvalue weighted by Gasteiger charge is -2.33. The molecule has 2 N–H and O–H groups in total. The van der Waals surface area contributed by atoms with Crippen LogP contribution in [0.1, 0.15) is 36.8 Å². The summed E-state index contributed by atoms with van der Waals surface area (Å²) < 4.78 is 0. The van der Waals surface area contributed by atoms with Gasteiger partial charge in [-0.15, -0.1) is 0 Å². The molecule has 0 aromatic heterocycles. The molecule has 1 saturated carbocycles. The molecule has 2 amide bonds. The smallest absolute Gasteiger partial charge is 0.331 e. The van der Waals surface area contributed by atoms with Gasteiger partial charge in [0, 0.05) is 12.6 Å². The van der Waals surface area contributed by atoms with Gasteiger partial charge in [-0.1, -0.05) is 73.5 Å². The van der Waals surface area contributed by atoms with Crippen molar-refractivity contribution in [2.75, 3.05) is 6.54 Å². The SMILES string of the molecule is O=C1N(Cc2ccccc2)C2=NC(C3CCCC3)NC2=C2N[C@H](Cc3ccccc3)CN12. The van der Waals surface area contributed by atoms with Gasteiger partial charge in [0.1, 0.15) is 17.7 Å². The number of carbonyl (C=O) groups excluding carboxylic acids is 1. The van der Waals surface area contributed by atoms with Gasteiger partial charge in [0.25, 0.3) is 0 Å². The molecule has 32 heavy (non-hydrogen) atoms. The number of urea groups is 1. The molecule has 1 aliphatic carbocycles. The molecule has 1 unspecified atom stereocenters.